The molecule has 3 N–H and O–H groups in total. The van der Waals surface area contributed by atoms with Gasteiger partial charge >= 0.3 is 0 Å². The van der Waals surface area contributed by atoms with Gasteiger partial charge in [-0.05, 0) is 51.4 Å². The van der Waals surface area contributed by atoms with Gasteiger partial charge in [0.25, 0.3) is 5.91 Å². The summed E-state index contributed by atoms with van der Waals surface area (Å²) in [4.78, 5) is 15.4. The first-order valence-corrected chi connectivity index (χ1v) is 7.20. The van der Waals surface area contributed by atoms with Crippen molar-refractivity contribution in [1.82, 2.24) is 15.6 Å². The second-order valence-corrected chi connectivity index (χ2v) is 5.88. The van der Waals surface area contributed by atoms with Crippen molar-refractivity contribution in [3.8, 4) is 0 Å². The number of methoxy groups -OCH3 is 1. The Hall–Kier alpha value is -1.33. The molecule has 0 atom stereocenters. The van der Waals surface area contributed by atoms with Crippen LogP contribution in [0.15, 0.2) is 6.07 Å². The maximum Gasteiger partial charge on any atom is 0.267 e. The van der Waals surface area contributed by atoms with Crippen LogP contribution in [-0.4, -0.2) is 44.2 Å². The fourth-order valence-corrected chi connectivity index (χ4v) is 2.96. The number of hydrogen-bond donors (Lipinski definition) is 3. The van der Waals surface area contributed by atoms with E-state index in [1.165, 1.54) is 0 Å². The summed E-state index contributed by atoms with van der Waals surface area (Å²) in [5.74, 6) is -0.0235. The predicted molar refractivity (Wildman–Crippen MR) is 79.0 cm³/mol. The van der Waals surface area contributed by atoms with Crippen molar-refractivity contribution in [1.29, 1.82) is 0 Å². The van der Waals surface area contributed by atoms with Gasteiger partial charge in [0, 0.05) is 24.8 Å². The van der Waals surface area contributed by atoms with E-state index in [0.29, 0.717) is 18.8 Å². The van der Waals surface area contributed by atoms with Crippen molar-refractivity contribution < 1.29 is 9.53 Å². The summed E-state index contributed by atoms with van der Waals surface area (Å²) in [7, 11) is 1.73. The zero-order chi connectivity index (χ0) is 14.6. The Kier molecular flexibility index (Phi) is 4.83. The molecule has 1 aromatic heterocycles. The van der Waals surface area contributed by atoms with Crippen LogP contribution in [0.1, 0.15) is 34.6 Å². The monoisotopic (exact) mass is 279 g/mol. The molecule has 0 radical (unpaired) electrons. The SMILES string of the molecule is COCC1(CNC(=O)c2[nH]c(C)cc2C)CCNCC1. The highest BCUT2D eigenvalue weighted by Crippen LogP contribution is 2.28. The highest BCUT2D eigenvalue weighted by Gasteiger charge is 2.32. The zero-order valence-corrected chi connectivity index (χ0v) is 12.6. The van der Waals surface area contributed by atoms with Crippen molar-refractivity contribution in [2.45, 2.75) is 26.7 Å². The smallest absolute Gasteiger partial charge is 0.267 e. The fraction of sp³-hybridized carbons (Fsp3) is 0.667. The summed E-state index contributed by atoms with van der Waals surface area (Å²) in [6, 6.07) is 1.99. The number of aryl methyl sites for hydroxylation is 2. The minimum Gasteiger partial charge on any atom is -0.384 e. The van der Waals surface area contributed by atoms with Crippen LogP contribution in [0.3, 0.4) is 0 Å². The van der Waals surface area contributed by atoms with Crippen molar-refractivity contribution in [3.05, 3.63) is 23.0 Å². The van der Waals surface area contributed by atoms with Gasteiger partial charge in [-0.25, -0.2) is 0 Å². The summed E-state index contributed by atoms with van der Waals surface area (Å²) in [6.07, 6.45) is 2.06. The number of aromatic nitrogens is 1. The van der Waals surface area contributed by atoms with E-state index in [4.69, 9.17) is 4.74 Å². The van der Waals surface area contributed by atoms with Crippen LogP contribution < -0.4 is 10.6 Å². The molecule has 5 nitrogen and oxygen atoms in total. The molecule has 0 unspecified atom stereocenters. The maximum atomic E-state index is 12.3. The molecular formula is C15H25N3O2. The first-order valence-electron chi connectivity index (χ1n) is 7.20. The zero-order valence-electron chi connectivity index (χ0n) is 12.6. The van der Waals surface area contributed by atoms with Gasteiger partial charge < -0.3 is 20.4 Å². The van der Waals surface area contributed by atoms with E-state index < -0.39 is 0 Å². The van der Waals surface area contributed by atoms with Crippen LogP contribution in [0.2, 0.25) is 0 Å². The van der Waals surface area contributed by atoms with Gasteiger partial charge in [0.05, 0.1) is 6.61 Å². The normalized spacial score (nSPS) is 17.9. The number of carbonyl (C=O) groups excluding carboxylic acids is 1. The number of piperidine rings is 1. The molecule has 1 aliphatic heterocycles. The van der Waals surface area contributed by atoms with Gasteiger partial charge in [-0.2, -0.15) is 0 Å². The summed E-state index contributed by atoms with van der Waals surface area (Å²) in [6.45, 7) is 7.24. The fourth-order valence-electron chi connectivity index (χ4n) is 2.96. The third-order valence-corrected chi connectivity index (χ3v) is 4.12. The van der Waals surface area contributed by atoms with Crippen LogP contribution in [0.5, 0.6) is 0 Å². The lowest BCUT2D eigenvalue weighted by Crippen LogP contribution is -2.47. The molecular weight excluding hydrogens is 254 g/mol. The minimum atomic E-state index is -0.0235. The average Bonchev–Trinajstić information content (AvgIpc) is 2.77. The first kappa shape index (κ1) is 15.1. The first-order chi connectivity index (χ1) is 9.56. The van der Waals surface area contributed by atoms with Gasteiger partial charge in [-0.3, -0.25) is 4.79 Å². The quantitative estimate of drug-likeness (QED) is 0.763. The van der Waals surface area contributed by atoms with Crippen LogP contribution in [-0.2, 0) is 4.74 Å². The molecule has 1 amide bonds. The second-order valence-electron chi connectivity index (χ2n) is 5.88. The van der Waals surface area contributed by atoms with Gasteiger partial charge in [0.15, 0.2) is 0 Å². The Labute approximate surface area is 120 Å². The third-order valence-electron chi connectivity index (χ3n) is 4.12. The molecule has 2 heterocycles. The van der Waals surface area contributed by atoms with Crippen molar-refractivity contribution in [2.75, 3.05) is 33.4 Å². The lowest BCUT2D eigenvalue weighted by Gasteiger charge is -2.37. The summed E-state index contributed by atoms with van der Waals surface area (Å²) < 4.78 is 5.36. The summed E-state index contributed by atoms with van der Waals surface area (Å²) in [5, 5.41) is 6.43. The van der Waals surface area contributed by atoms with Gasteiger partial charge in [-0.1, -0.05) is 0 Å². The predicted octanol–water partition coefficient (Wildman–Crippen LogP) is 1.38. The maximum absolute atomic E-state index is 12.3. The van der Waals surface area contributed by atoms with E-state index in [1.807, 2.05) is 19.9 Å². The van der Waals surface area contributed by atoms with E-state index in [0.717, 1.165) is 37.2 Å². The number of ether oxygens (including phenoxy) is 1. The Bertz CT molecular complexity index is 456. The Morgan fingerprint density at radius 1 is 1.40 bits per heavy atom. The molecule has 1 aliphatic rings. The van der Waals surface area contributed by atoms with E-state index in [9.17, 15) is 4.79 Å². The van der Waals surface area contributed by atoms with E-state index in [-0.39, 0.29) is 11.3 Å². The second kappa shape index (κ2) is 6.41. The number of hydrogen-bond acceptors (Lipinski definition) is 3. The van der Waals surface area contributed by atoms with Gasteiger partial charge in [0.1, 0.15) is 5.69 Å². The topological polar surface area (TPSA) is 66.1 Å². The minimum absolute atomic E-state index is 0.0235. The average molecular weight is 279 g/mol. The molecule has 1 saturated heterocycles. The number of H-pyrrole nitrogens is 1. The van der Waals surface area contributed by atoms with Crippen molar-refractivity contribution in [2.24, 2.45) is 5.41 Å². The number of amides is 1. The van der Waals surface area contributed by atoms with Crippen LogP contribution in [0, 0.1) is 19.3 Å². The highest BCUT2D eigenvalue weighted by atomic mass is 16.5. The van der Waals surface area contributed by atoms with E-state index in [1.54, 1.807) is 7.11 Å². The lowest BCUT2D eigenvalue weighted by molar-refractivity contribution is 0.0510. The highest BCUT2D eigenvalue weighted by molar-refractivity contribution is 5.94. The van der Waals surface area contributed by atoms with Crippen LogP contribution in [0.25, 0.3) is 0 Å². The third kappa shape index (κ3) is 3.41. The Morgan fingerprint density at radius 2 is 2.10 bits per heavy atom. The molecule has 2 rings (SSSR count). The van der Waals surface area contributed by atoms with E-state index >= 15 is 0 Å². The number of nitrogens with one attached hydrogen (secondary N) is 3. The largest absolute Gasteiger partial charge is 0.384 e. The molecule has 0 saturated carbocycles. The molecule has 0 bridgehead atoms. The van der Waals surface area contributed by atoms with Crippen LogP contribution >= 0.6 is 0 Å². The number of carbonyl (C=O) groups is 1. The standard InChI is InChI=1S/C15H25N3O2/c1-11-8-12(2)18-13(11)14(19)17-9-15(10-20-3)4-6-16-7-5-15/h8,16,18H,4-7,9-10H2,1-3H3,(H,17,19). The Balaban J connectivity index is 1.98. The molecule has 0 aromatic carbocycles. The number of rotatable bonds is 5. The molecule has 112 valence electrons. The van der Waals surface area contributed by atoms with Gasteiger partial charge in [0.2, 0.25) is 0 Å². The molecule has 0 aliphatic carbocycles. The molecule has 0 spiro atoms. The Morgan fingerprint density at radius 3 is 2.65 bits per heavy atom. The summed E-state index contributed by atoms with van der Waals surface area (Å²) >= 11 is 0. The van der Waals surface area contributed by atoms with E-state index in [2.05, 4.69) is 15.6 Å². The van der Waals surface area contributed by atoms with Crippen molar-refractivity contribution >= 4 is 5.91 Å². The van der Waals surface area contributed by atoms with Crippen LogP contribution in [0.4, 0.5) is 0 Å². The van der Waals surface area contributed by atoms with Gasteiger partial charge in [-0.15, -0.1) is 0 Å². The molecule has 5 heteroatoms. The molecule has 1 aromatic rings. The number of aromatic amines is 1. The summed E-state index contributed by atoms with van der Waals surface area (Å²) in [5.41, 5.74) is 2.74. The lowest BCUT2D eigenvalue weighted by atomic mass is 9.79. The molecule has 1 fully saturated rings. The van der Waals surface area contributed by atoms with Crippen molar-refractivity contribution in [3.63, 3.8) is 0 Å². The molecule has 20 heavy (non-hydrogen) atoms.